The van der Waals surface area contributed by atoms with Crippen molar-refractivity contribution in [2.75, 3.05) is 27.4 Å². The van der Waals surface area contributed by atoms with E-state index in [1.165, 1.54) is 0 Å². The quantitative estimate of drug-likeness (QED) is 0.492. The first kappa shape index (κ1) is 12.4. The van der Waals surface area contributed by atoms with Crippen LogP contribution in [-0.2, 0) is 9.47 Å². The van der Waals surface area contributed by atoms with E-state index in [9.17, 15) is 0 Å². The topological polar surface area (TPSA) is 56.8 Å². The van der Waals surface area contributed by atoms with Crippen LogP contribution in [-0.4, -0.2) is 39.3 Å². The SMILES string of the molecule is COCC(CN=C(N)C(C)C)OC. The highest BCUT2D eigenvalue weighted by atomic mass is 16.5. The summed E-state index contributed by atoms with van der Waals surface area (Å²) in [5, 5.41) is 0. The standard InChI is InChI=1S/C9H20N2O2/c1-7(2)9(10)11-5-8(13-4)6-12-3/h7-8H,5-6H2,1-4H3,(H2,10,11). The number of amidine groups is 1. The first-order valence-corrected chi connectivity index (χ1v) is 4.43. The van der Waals surface area contributed by atoms with Crippen LogP contribution in [0.15, 0.2) is 4.99 Å². The minimum absolute atomic E-state index is 0.00213. The van der Waals surface area contributed by atoms with Crippen LogP contribution >= 0.6 is 0 Å². The van der Waals surface area contributed by atoms with Crippen LogP contribution in [0.2, 0.25) is 0 Å². The summed E-state index contributed by atoms with van der Waals surface area (Å²) in [5.74, 6) is 0.957. The predicted octanol–water partition coefficient (Wildman–Crippen LogP) is 0.661. The van der Waals surface area contributed by atoms with Crippen LogP contribution in [0.3, 0.4) is 0 Å². The van der Waals surface area contributed by atoms with Crippen molar-refractivity contribution in [3.8, 4) is 0 Å². The summed E-state index contributed by atoms with van der Waals surface area (Å²) >= 11 is 0. The fourth-order valence-electron chi connectivity index (χ4n) is 0.771. The molecule has 0 saturated carbocycles. The molecule has 0 radical (unpaired) electrons. The van der Waals surface area contributed by atoms with Crippen LogP contribution in [0.25, 0.3) is 0 Å². The van der Waals surface area contributed by atoms with E-state index in [4.69, 9.17) is 15.2 Å². The molecule has 1 unspecified atom stereocenters. The Labute approximate surface area is 80.1 Å². The maximum Gasteiger partial charge on any atom is 0.0999 e. The summed E-state index contributed by atoms with van der Waals surface area (Å²) in [7, 11) is 3.28. The van der Waals surface area contributed by atoms with Crippen LogP contribution < -0.4 is 5.73 Å². The molecule has 1 atom stereocenters. The monoisotopic (exact) mass is 188 g/mol. The first-order chi connectivity index (χ1) is 6.11. The highest BCUT2D eigenvalue weighted by Gasteiger charge is 2.06. The zero-order valence-corrected chi connectivity index (χ0v) is 8.91. The molecule has 0 saturated heterocycles. The van der Waals surface area contributed by atoms with E-state index >= 15 is 0 Å². The second kappa shape index (κ2) is 6.86. The summed E-state index contributed by atoms with van der Waals surface area (Å²) in [5.41, 5.74) is 5.67. The third kappa shape index (κ3) is 5.60. The summed E-state index contributed by atoms with van der Waals surface area (Å²) in [6, 6.07) is 0. The Morgan fingerprint density at radius 1 is 1.38 bits per heavy atom. The van der Waals surface area contributed by atoms with E-state index in [1.54, 1.807) is 14.2 Å². The maximum absolute atomic E-state index is 5.67. The van der Waals surface area contributed by atoms with Crippen molar-refractivity contribution in [3.63, 3.8) is 0 Å². The van der Waals surface area contributed by atoms with Gasteiger partial charge < -0.3 is 15.2 Å². The second-order valence-corrected chi connectivity index (χ2v) is 3.23. The molecule has 0 aromatic rings. The van der Waals surface area contributed by atoms with Gasteiger partial charge in [-0.25, -0.2) is 0 Å². The van der Waals surface area contributed by atoms with Gasteiger partial charge in [0, 0.05) is 20.1 Å². The van der Waals surface area contributed by atoms with Gasteiger partial charge in [0.25, 0.3) is 0 Å². The van der Waals surface area contributed by atoms with Gasteiger partial charge in [-0.3, -0.25) is 4.99 Å². The van der Waals surface area contributed by atoms with Gasteiger partial charge in [0.1, 0.15) is 0 Å². The van der Waals surface area contributed by atoms with E-state index < -0.39 is 0 Å². The molecule has 2 N–H and O–H groups in total. The predicted molar refractivity (Wildman–Crippen MR) is 54.0 cm³/mol. The van der Waals surface area contributed by atoms with Crippen molar-refractivity contribution in [1.82, 2.24) is 0 Å². The van der Waals surface area contributed by atoms with Gasteiger partial charge in [-0.2, -0.15) is 0 Å². The van der Waals surface area contributed by atoms with E-state index in [0.29, 0.717) is 24.9 Å². The molecule has 0 bridgehead atoms. The number of hydrogen-bond donors (Lipinski definition) is 1. The van der Waals surface area contributed by atoms with Crippen LogP contribution in [0.5, 0.6) is 0 Å². The van der Waals surface area contributed by atoms with E-state index in [0.717, 1.165) is 0 Å². The summed E-state index contributed by atoms with van der Waals surface area (Å²) in [6.45, 7) is 5.13. The molecule has 78 valence electrons. The smallest absolute Gasteiger partial charge is 0.0999 e. The van der Waals surface area contributed by atoms with Gasteiger partial charge in [-0.1, -0.05) is 13.8 Å². The molecule has 0 rings (SSSR count). The molecule has 0 fully saturated rings. The van der Waals surface area contributed by atoms with Crippen LogP contribution in [0, 0.1) is 5.92 Å². The number of aliphatic imine (C=N–C) groups is 1. The Hall–Kier alpha value is -0.610. The van der Waals surface area contributed by atoms with E-state index in [1.807, 2.05) is 13.8 Å². The fraction of sp³-hybridized carbons (Fsp3) is 0.889. The van der Waals surface area contributed by atoms with Gasteiger partial charge >= 0.3 is 0 Å². The molecule has 4 nitrogen and oxygen atoms in total. The summed E-state index contributed by atoms with van der Waals surface area (Å²) in [4.78, 5) is 4.20. The van der Waals surface area contributed by atoms with Gasteiger partial charge in [0.2, 0.25) is 0 Å². The van der Waals surface area contributed by atoms with Gasteiger partial charge in [-0.15, -0.1) is 0 Å². The average molecular weight is 188 g/mol. The van der Waals surface area contributed by atoms with Gasteiger partial charge in [0.15, 0.2) is 0 Å². The molecule has 0 spiro atoms. The Bertz CT molecular complexity index is 158. The molecule has 0 aliphatic heterocycles. The number of methoxy groups -OCH3 is 2. The zero-order chi connectivity index (χ0) is 10.3. The van der Waals surface area contributed by atoms with Gasteiger partial charge in [-0.05, 0) is 0 Å². The Balaban J connectivity index is 3.88. The van der Waals surface area contributed by atoms with Crippen LogP contribution in [0.1, 0.15) is 13.8 Å². The maximum atomic E-state index is 5.67. The van der Waals surface area contributed by atoms with Crippen molar-refractivity contribution in [3.05, 3.63) is 0 Å². The normalized spacial score (nSPS) is 15.0. The zero-order valence-electron chi connectivity index (χ0n) is 8.91. The average Bonchev–Trinajstić information content (AvgIpc) is 2.11. The largest absolute Gasteiger partial charge is 0.387 e. The lowest BCUT2D eigenvalue weighted by Gasteiger charge is -2.12. The molecular weight excluding hydrogens is 168 g/mol. The lowest BCUT2D eigenvalue weighted by atomic mass is 10.2. The minimum Gasteiger partial charge on any atom is -0.387 e. The van der Waals surface area contributed by atoms with Gasteiger partial charge in [0.05, 0.1) is 25.1 Å². The lowest BCUT2D eigenvalue weighted by molar-refractivity contribution is 0.0343. The number of ether oxygens (including phenoxy) is 2. The highest BCUT2D eigenvalue weighted by molar-refractivity contribution is 5.82. The number of nitrogens with zero attached hydrogens (tertiary/aromatic N) is 1. The third-order valence-electron chi connectivity index (χ3n) is 1.75. The van der Waals surface area contributed by atoms with Crippen molar-refractivity contribution in [2.24, 2.45) is 16.6 Å². The van der Waals surface area contributed by atoms with E-state index in [-0.39, 0.29) is 6.10 Å². The molecule has 0 aromatic carbocycles. The van der Waals surface area contributed by atoms with Crippen molar-refractivity contribution < 1.29 is 9.47 Å². The Kier molecular flexibility index (Phi) is 6.54. The molecule has 13 heavy (non-hydrogen) atoms. The first-order valence-electron chi connectivity index (χ1n) is 4.43. The third-order valence-corrected chi connectivity index (χ3v) is 1.75. The Morgan fingerprint density at radius 3 is 2.38 bits per heavy atom. The molecule has 0 aliphatic rings. The fourth-order valence-corrected chi connectivity index (χ4v) is 0.771. The van der Waals surface area contributed by atoms with Crippen molar-refractivity contribution >= 4 is 5.84 Å². The number of hydrogen-bond acceptors (Lipinski definition) is 3. The van der Waals surface area contributed by atoms with Crippen LogP contribution in [0.4, 0.5) is 0 Å². The van der Waals surface area contributed by atoms with E-state index in [2.05, 4.69) is 4.99 Å². The molecular formula is C9H20N2O2. The summed E-state index contributed by atoms with van der Waals surface area (Å²) in [6.07, 6.45) is 0.00213. The Morgan fingerprint density at radius 2 is 2.00 bits per heavy atom. The second-order valence-electron chi connectivity index (χ2n) is 3.23. The number of rotatable bonds is 6. The molecule has 0 heterocycles. The summed E-state index contributed by atoms with van der Waals surface area (Å²) < 4.78 is 10.1. The number of nitrogens with two attached hydrogens (primary N) is 1. The molecule has 0 aliphatic carbocycles. The molecule has 4 heteroatoms. The lowest BCUT2D eigenvalue weighted by Crippen LogP contribution is -2.25. The molecule has 0 amide bonds. The minimum atomic E-state index is 0.00213. The molecule has 0 aromatic heterocycles. The van der Waals surface area contributed by atoms with Crippen molar-refractivity contribution in [2.45, 2.75) is 20.0 Å². The highest BCUT2D eigenvalue weighted by Crippen LogP contribution is 1.95. The van der Waals surface area contributed by atoms with Crippen molar-refractivity contribution in [1.29, 1.82) is 0 Å².